The first-order chi connectivity index (χ1) is 21.5. The van der Waals surface area contributed by atoms with Crippen LogP contribution in [0.3, 0.4) is 0 Å². The quantitative estimate of drug-likeness (QED) is 0.343. The minimum Gasteiger partial charge on any atom is -0.457 e. The topological polar surface area (TPSA) is 86.5 Å². The van der Waals surface area contributed by atoms with Gasteiger partial charge in [-0.1, -0.05) is 58.0 Å². The number of aliphatic hydroxyl groups is 1. The molecule has 0 unspecified atom stereocenters. The highest BCUT2D eigenvalue weighted by molar-refractivity contribution is 5.87. The van der Waals surface area contributed by atoms with Gasteiger partial charge in [-0.25, -0.2) is 9.48 Å². The molecule has 1 aromatic carbocycles. The zero-order valence-corrected chi connectivity index (χ0v) is 29.5. The van der Waals surface area contributed by atoms with Gasteiger partial charge in [0.05, 0.1) is 29.2 Å². The second-order valence-electron chi connectivity index (χ2n) is 18.1. The summed E-state index contributed by atoms with van der Waals surface area (Å²) in [6, 6.07) is 9.70. The van der Waals surface area contributed by atoms with Crippen LogP contribution in [0, 0.1) is 45.3 Å². The lowest BCUT2D eigenvalue weighted by Crippen LogP contribution is -2.67. The number of aliphatic hydroxyl groups excluding tert-OH is 1. The van der Waals surface area contributed by atoms with Crippen molar-refractivity contribution in [2.75, 3.05) is 0 Å². The normalized spacial score (nSPS) is 44.5. The molecular weight excluding hydrogens is 574 g/mol. The van der Waals surface area contributed by atoms with Crippen molar-refractivity contribution in [3.05, 3.63) is 42.2 Å². The maximum absolute atomic E-state index is 13.4. The minimum atomic E-state index is -0.397. The number of carbonyl (C=O) groups excluding carboxylic acids is 1. The Morgan fingerprint density at radius 2 is 1.61 bits per heavy atom. The van der Waals surface area contributed by atoms with E-state index in [1.165, 1.54) is 12.8 Å². The van der Waals surface area contributed by atoms with Gasteiger partial charge in [0, 0.05) is 5.41 Å². The van der Waals surface area contributed by atoms with Crippen LogP contribution >= 0.6 is 0 Å². The number of rotatable bonds is 4. The van der Waals surface area contributed by atoms with Gasteiger partial charge < -0.3 is 14.6 Å². The number of carbonyl (C=O) groups is 1. The van der Waals surface area contributed by atoms with Crippen LogP contribution in [0.15, 0.2) is 36.5 Å². The van der Waals surface area contributed by atoms with E-state index in [9.17, 15) is 9.90 Å². The molecule has 4 aliphatic carbocycles. The van der Waals surface area contributed by atoms with Gasteiger partial charge >= 0.3 is 5.97 Å². The second kappa shape index (κ2) is 10.6. The molecule has 1 aromatic heterocycles. The van der Waals surface area contributed by atoms with Crippen LogP contribution in [0.2, 0.25) is 0 Å². The molecule has 5 aliphatic rings. The molecule has 46 heavy (non-hydrogen) atoms. The fourth-order valence-corrected chi connectivity index (χ4v) is 12.7. The van der Waals surface area contributed by atoms with Crippen molar-refractivity contribution in [1.82, 2.24) is 15.0 Å². The summed E-state index contributed by atoms with van der Waals surface area (Å²) in [5.41, 5.74) is 0.907. The van der Waals surface area contributed by atoms with E-state index in [4.69, 9.17) is 9.47 Å². The molecule has 0 radical (unpaired) electrons. The molecule has 7 heteroatoms. The molecular formula is C39H57N3O4. The van der Waals surface area contributed by atoms with Crippen LogP contribution in [0.5, 0.6) is 0 Å². The van der Waals surface area contributed by atoms with E-state index in [0.29, 0.717) is 17.8 Å². The van der Waals surface area contributed by atoms with Crippen molar-refractivity contribution in [2.45, 2.75) is 143 Å². The van der Waals surface area contributed by atoms with Crippen LogP contribution in [-0.2, 0) is 9.47 Å². The summed E-state index contributed by atoms with van der Waals surface area (Å²) in [6.45, 7) is 19.1. The van der Waals surface area contributed by atoms with E-state index in [0.717, 1.165) is 57.1 Å². The molecule has 0 amide bonds. The number of ether oxygens (including phenoxy) is 2. The minimum absolute atomic E-state index is 0.0656. The number of benzene rings is 1. The molecule has 0 spiro atoms. The Morgan fingerprint density at radius 3 is 2.33 bits per heavy atom. The lowest BCUT2D eigenvalue weighted by Gasteiger charge is -2.70. The van der Waals surface area contributed by atoms with Crippen molar-refractivity contribution >= 4 is 5.97 Å². The van der Waals surface area contributed by atoms with Crippen LogP contribution in [0.4, 0.5) is 0 Å². The molecule has 4 saturated carbocycles. The van der Waals surface area contributed by atoms with Crippen molar-refractivity contribution in [3.63, 3.8) is 0 Å². The van der Waals surface area contributed by atoms with Crippen molar-refractivity contribution in [2.24, 2.45) is 45.3 Å². The van der Waals surface area contributed by atoms with E-state index >= 15 is 0 Å². The molecule has 5 fully saturated rings. The standard InChI is InChI=1S/C39H57N3O4/c1-34(2)18-12-19-39(8,46-34)26-15-21-38(7)32(26)28(43)23-30-36(5)20-17-31(35(3,4)29(36)16-22-37(30,38)6)45-33(44)27-24-42(41-40-27)25-13-10-9-11-14-25/h9-11,13-14,24,26,28-32,43H,12,15-23H2,1-8H3/t26-,28+,29-,30+,31-,32-,36-,37+,38+,39+/m0/s1. The molecule has 2 aromatic rings. The Balaban J connectivity index is 1.11. The van der Waals surface area contributed by atoms with E-state index in [1.54, 1.807) is 10.9 Å². The number of hydrogen-bond donors (Lipinski definition) is 1. The first kappa shape index (κ1) is 32.3. The molecule has 10 atom stereocenters. The summed E-state index contributed by atoms with van der Waals surface area (Å²) in [7, 11) is 0. The third-order valence-corrected chi connectivity index (χ3v) is 15.0. The average molecular weight is 632 g/mol. The number of nitrogens with zero attached hydrogens (tertiary/aromatic N) is 3. The highest BCUT2D eigenvalue weighted by atomic mass is 16.5. The van der Waals surface area contributed by atoms with Crippen molar-refractivity contribution in [1.29, 1.82) is 0 Å². The van der Waals surface area contributed by atoms with Gasteiger partial charge in [0.2, 0.25) is 0 Å². The van der Waals surface area contributed by atoms with Gasteiger partial charge in [-0.15, -0.1) is 5.10 Å². The Bertz CT molecular complexity index is 1470. The predicted octanol–water partition coefficient (Wildman–Crippen LogP) is 8.19. The smallest absolute Gasteiger partial charge is 0.360 e. The first-order valence-electron chi connectivity index (χ1n) is 18.1. The van der Waals surface area contributed by atoms with Gasteiger partial charge in [0.15, 0.2) is 5.69 Å². The Hall–Kier alpha value is -2.25. The third kappa shape index (κ3) is 4.68. The van der Waals surface area contributed by atoms with E-state index in [2.05, 4.69) is 65.7 Å². The summed E-state index contributed by atoms with van der Waals surface area (Å²) >= 11 is 0. The fourth-order valence-electron chi connectivity index (χ4n) is 12.7. The largest absolute Gasteiger partial charge is 0.457 e. The maximum Gasteiger partial charge on any atom is 0.360 e. The van der Waals surface area contributed by atoms with E-state index in [-0.39, 0.29) is 56.7 Å². The Morgan fingerprint density at radius 1 is 0.891 bits per heavy atom. The molecule has 2 heterocycles. The fraction of sp³-hybridized carbons (Fsp3) is 0.769. The lowest BCUT2D eigenvalue weighted by molar-refractivity contribution is -0.257. The monoisotopic (exact) mass is 631 g/mol. The second-order valence-corrected chi connectivity index (χ2v) is 18.1. The van der Waals surface area contributed by atoms with Crippen LogP contribution in [0.25, 0.3) is 5.69 Å². The van der Waals surface area contributed by atoms with Gasteiger partial charge in [-0.05, 0) is 137 Å². The molecule has 1 N–H and O–H groups in total. The Kier molecular flexibility index (Phi) is 7.46. The lowest BCUT2D eigenvalue weighted by atomic mass is 9.35. The molecule has 0 bridgehead atoms. The number of fused-ring (bicyclic) bond motifs is 5. The van der Waals surface area contributed by atoms with Crippen LogP contribution in [0.1, 0.15) is 130 Å². The van der Waals surface area contributed by atoms with Crippen LogP contribution < -0.4 is 0 Å². The summed E-state index contributed by atoms with van der Waals surface area (Å²) in [6.07, 6.45) is 11.8. The molecule has 7 nitrogen and oxygen atoms in total. The number of esters is 1. The van der Waals surface area contributed by atoms with Gasteiger partial charge in [-0.3, -0.25) is 0 Å². The highest BCUT2D eigenvalue weighted by Gasteiger charge is 2.72. The summed E-state index contributed by atoms with van der Waals surface area (Å²) < 4.78 is 14.8. The van der Waals surface area contributed by atoms with Crippen LogP contribution in [-0.4, -0.2) is 49.5 Å². The van der Waals surface area contributed by atoms with E-state index < -0.39 is 5.97 Å². The molecule has 252 valence electrons. The van der Waals surface area contributed by atoms with Gasteiger partial charge in [0.25, 0.3) is 0 Å². The first-order valence-corrected chi connectivity index (χ1v) is 18.1. The zero-order chi connectivity index (χ0) is 32.9. The molecule has 7 rings (SSSR count). The van der Waals surface area contributed by atoms with Gasteiger partial charge in [-0.2, -0.15) is 0 Å². The highest BCUT2D eigenvalue weighted by Crippen LogP contribution is 2.76. The third-order valence-electron chi connectivity index (χ3n) is 15.0. The SMILES string of the molecule is CC1(C)CCC[C@](C)([C@H]2CC[C@]3(C)[C@@H]2[C@H](O)C[C@@H]2[C@@]4(C)CC[C@H](OC(=O)c5cn(-c6ccccc6)nn5)C(C)(C)[C@@H]4CC[C@]23C)O1. The Labute approximate surface area is 276 Å². The average Bonchev–Trinajstić information content (AvgIpc) is 3.63. The predicted molar refractivity (Wildman–Crippen MR) is 178 cm³/mol. The maximum atomic E-state index is 13.4. The van der Waals surface area contributed by atoms with Gasteiger partial charge in [0.1, 0.15) is 6.10 Å². The number of hydrogen-bond acceptors (Lipinski definition) is 6. The number of aromatic nitrogens is 3. The van der Waals surface area contributed by atoms with Crippen molar-refractivity contribution < 1.29 is 19.4 Å². The number of para-hydroxylation sites is 1. The summed E-state index contributed by atoms with van der Waals surface area (Å²) in [4.78, 5) is 13.4. The summed E-state index contributed by atoms with van der Waals surface area (Å²) in [5.74, 6) is 1.08. The molecule has 1 aliphatic heterocycles. The molecule has 1 saturated heterocycles. The zero-order valence-electron chi connectivity index (χ0n) is 29.5. The van der Waals surface area contributed by atoms with Crippen molar-refractivity contribution in [3.8, 4) is 5.69 Å². The summed E-state index contributed by atoms with van der Waals surface area (Å²) in [5, 5.41) is 20.6. The van der Waals surface area contributed by atoms with E-state index in [1.807, 2.05) is 30.3 Å².